The number of aryl methyl sites for hydroxylation is 2. The van der Waals surface area contributed by atoms with Crippen LogP contribution in [-0.2, 0) is 0 Å². The topological polar surface area (TPSA) is 38.1 Å². The van der Waals surface area contributed by atoms with Crippen LogP contribution in [0.25, 0.3) is 0 Å². The molecule has 17 heavy (non-hydrogen) atoms. The van der Waals surface area contributed by atoms with Gasteiger partial charge in [0.15, 0.2) is 0 Å². The molecule has 1 fully saturated rings. The molecule has 1 aromatic rings. The third-order valence-corrected chi connectivity index (χ3v) is 3.96. The molecule has 1 aliphatic rings. The zero-order valence-electron chi connectivity index (χ0n) is 11.3. The second-order valence-corrected chi connectivity index (χ2v) is 5.37. The highest BCUT2D eigenvalue weighted by atomic mass is 16.5. The maximum Gasteiger partial charge on any atom is 0.138 e. The predicted molar refractivity (Wildman–Crippen MR) is 69.0 cm³/mol. The van der Waals surface area contributed by atoms with E-state index in [4.69, 9.17) is 4.52 Å². The highest BCUT2D eigenvalue weighted by Gasteiger charge is 2.18. The summed E-state index contributed by atoms with van der Waals surface area (Å²) in [6.45, 7) is 7.35. The highest BCUT2D eigenvalue weighted by Crippen LogP contribution is 2.25. The van der Waals surface area contributed by atoms with E-state index >= 15 is 0 Å². The Morgan fingerprint density at radius 2 is 2.00 bits per heavy atom. The van der Waals surface area contributed by atoms with Gasteiger partial charge in [-0.05, 0) is 46.1 Å². The number of aromatic nitrogens is 1. The summed E-state index contributed by atoms with van der Waals surface area (Å²) in [5.74, 6) is 1.82. The Balaban J connectivity index is 1.86. The average Bonchev–Trinajstić information content (AvgIpc) is 2.67. The van der Waals surface area contributed by atoms with Gasteiger partial charge in [0.1, 0.15) is 5.76 Å². The zero-order chi connectivity index (χ0) is 12.3. The molecule has 0 aromatic carbocycles. The van der Waals surface area contributed by atoms with Gasteiger partial charge >= 0.3 is 0 Å². The Kier molecular flexibility index (Phi) is 4.21. The third kappa shape index (κ3) is 3.09. The van der Waals surface area contributed by atoms with Gasteiger partial charge in [-0.3, -0.25) is 0 Å². The summed E-state index contributed by atoms with van der Waals surface area (Å²) in [5.41, 5.74) is 2.26. The second kappa shape index (κ2) is 5.67. The van der Waals surface area contributed by atoms with Crippen molar-refractivity contribution < 1.29 is 4.52 Å². The van der Waals surface area contributed by atoms with Crippen LogP contribution in [-0.4, -0.2) is 11.7 Å². The molecule has 3 nitrogen and oxygen atoms in total. The fourth-order valence-electron chi connectivity index (χ4n) is 2.95. The van der Waals surface area contributed by atoms with E-state index in [1.807, 2.05) is 13.8 Å². The molecule has 1 N–H and O–H groups in total. The smallest absolute Gasteiger partial charge is 0.138 e. The first-order valence-corrected chi connectivity index (χ1v) is 6.84. The summed E-state index contributed by atoms with van der Waals surface area (Å²) in [4.78, 5) is 0. The zero-order valence-corrected chi connectivity index (χ0v) is 11.3. The van der Waals surface area contributed by atoms with E-state index in [0.29, 0.717) is 6.04 Å². The van der Waals surface area contributed by atoms with E-state index in [-0.39, 0.29) is 0 Å². The van der Waals surface area contributed by atoms with Gasteiger partial charge < -0.3 is 9.84 Å². The average molecular weight is 236 g/mol. The third-order valence-electron chi connectivity index (χ3n) is 3.96. The van der Waals surface area contributed by atoms with E-state index in [9.17, 15) is 0 Å². The molecular weight excluding hydrogens is 212 g/mol. The van der Waals surface area contributed by atoms with Gasteiger partial charge in [0.05, 0.1) is 5.69 Å². The molecule has 1 aromatic heterocycles. The van der Waals surface area contributed by atoms with Crippen LogP contribution in [0.4, 0.5) is 0 Å². The molecular formula is C14H24N2O. The number of rotatable bonds is 4. The molecule has 1 heterocycles. The van der Waals surface area contributed by atoms with Crippen molar-refractivity contribution in [3.8, 4) is 0 Å². The van der Waals surface area contributed by atoms with Crippen LogP contribution >= 0.6 is 0 Å². The first-order chi connectivity index (χ1) is 8.18. The molecule has 0 spiro atoms. The molecule has 1 aliphatic carbocycles. The summed E-state index contributed by atoms with van der Waals surface area (Å²) in [6.07, 6.45) is 7.02. The summed E-state index contributed by atoms with van der Waals surface area (Å²) in [7, 11) is 0. The largest absolute Gasteiger partial charge is 0.361 e. The fourth-order valence-corrected chi connectivity index (χ4v) is 2.95. The van der Waals surface area contributed by atoms with Gasteiger partial charge in [-0.25, -0.2) is 0 Å². The number of nitrogens with zero attached hydrogens (tertiary/aromatic N) is 1. The quantitative estimate of drug-likeness (QED) is 0.869. The Bertz CT molecular complexity index is 334. The standard InChI is InChI=1S/C14H24N2O/c1-10(14-11(2)16-17-12(14)3)15-9-13-7-5-4-6-8-13/h10,13,15H,4-9H2,1-3H3. The van der Waals surface area contributed by atoms with Crippen LogP contribution in [0.3, 0.4) is 0 Å². The van der Waals surface area contributed by atoms with Crippen molar-refractivity contribution in [2.24, 2.45) is 5.92 Å². The summed E-state index contributed by atoms with van der Waals surface area (Å²) >= 11 is 0. The van der Waals surface area contributed by atoms with Crippen LogP contribution in [0.2, 0.25) is 0 Å². The molecule has 1 saturated carbocycles. The predicted octanol–water partition coefficient (Wildman–Crippen LogP) is 3.52. The van der Waals surface area contributed by atoms with Crippen LogP contribution in [0.15, 0.2) is 4.52 Å². The van der Waals surface area contributed by atoms with Crippen LogP contribution < -0.4 is 5.32 Å². The van der Waals surface area contributed by atoms with Crippen LogP contribution in [0, 0.1) is 19.8 Å². The first-order valence-electron chi connectivity index (χ1n) is 6.84. The molecule has 2 rings (SSSR count). The van der Waals surface area contributed by atoms with E-state index in [1.54, 1.807) is 0 Å². The van der Waals surface area contributed by atoms with Crippen molar-refractivity contribution in [2.45, 2.75) is 58.9 Å². The Morgan fingerprint density at radius 3 is 2.59 bits per heavy atom. The maximum atomic E-state index is 5.22. The number of hydrogen-bond acceptors (Lipinski definition) is 3. The van der Waals surface area contributed by atoms with Crippen LogP contribution in [0.1, 0.15) is 62.1 Å². The summed E-state index contributed by atoms with van der Waals surface area (Å²) < 4.78 is 5.22. The molecule has 0 saturated heterocycles. The lowest BCUT2D eigenvalue weighted by Crippen LogP contribution is -2.27. The lowest BCUT2D eigenvalue weighted by atomic mass is 9.89. The molecule has 0 bridgehead atoms. The molecule has 0 amide bonds. The van der Waals surface area contributed by atoms with Gasteiger partial charge in [-0.2, -0.15) is 0 Å². The lowest BCUT2D eigenvalue weighted by Gasteiger charge is -2.24. The van der Waals surface area contributed by atoms with Crippen molar-refractivity contribution in [1.82, 2.24) is 10.5 Å². The molecule has 0 aliphatic heterocycles. The van der Waals surface area contributed by atoms with E-state index in [2.05, 4.69) is 17.4 Å². The van der Waals surface area contributed by atoms with Gasteiger partial charge in [0.2, 0.25) is 0 Å². The molecule has 3 heteroatoms. The molecule has 96 valence electrons. The highest BCUT2D eigenvalue weighted by molar-refractivity contribution is 5.24. The van der Waals surface area contributed by atoms with Crippen molar-refractivity contribution in [3.05, 3.63) is 17.0 Å². The maximum absolute atomic E-state index is 5.22. The Hall–Kier alpha value is -0.830. The SMILES string of the molecule is Cc1noc(C)c1C(C)NCC1CCCCC1. The minimum absolute atomic E-state index is 0.350. The summed E-state index contributed by atoms with van der Waals surface area (Å²) in [6, 6.07) is 0.350. The van der Waals surface area contributed by atoms with Gasteiger partial charge in [0, 0.05) is 11.6 Å². The molecule has 0 radical (unpaired) electrons. The fraction of sp³-hybridized carbons (Fsp3) is 0.786. The lowest BCUT2D eigenvalue weighted by molar-refractivity contribution is 0.330. The number of hydrogen-bond donors (Lipinski definition) is 1. The van der Waals surface area contributed by atoms with Crippen LogP contribution in [0.5, 0.6) is 0 Å². The van der Waals surface area contributed by atoms with Crippen molar-refractivity contribution in [2.75, 3.05) is 6.54 Å². The normalized spacial score (nSPS) is 19.5. The van der Waals surface area contributed by atoms with Gasteiger partial charge in [-0.1, -0.05) is 24.4 Å². The van der Waals surface area contributed by atoms with Crippen molar-refractivity contribution >= 4 is 0 Å². The second-order valence-electron chi connectivity index (χ2n) is 5.37. The molecule has 1 unspecified atom stereocenters. The van der Waals surface area contributed by atoms with E-state index < -0.39 is 0 Å². The monoisotopic (exact) mass is 236 g/mol. The first kappa shape index (κ1) is 12.6. The minimum atomic E-state index is 0.350. The van der Waals surface area contributed by atoms with Crippen molar-refractivity contribution in [1.29, 1.82) is 0 Å². The Labute approximate surface area is 104 Å². The van der Waals surface area contributed by atoms with Gasteiger partial charge in [0.25, 0.3) is 0 Å². The Morgan fingerprint density at radius 1 is 1.29 bits per heavy atom. The number of nitrogens with one attached hydrogen (secondary N) is 1. The molecule has 1 atom stereocenters. The summed E-state index contributed by atoms with van der Waals surface area (Å²) in [5, 5.41) is 7.65. The minimum Gasteiger partial charge on any atom is -0.361 e. The van der Waals surface area contributed by atoms with Gasteiger partial charge in [-0.15, -0.1) is 0 Å². The van der Waals surface area contributed by atoms with Crippen molar-refractivity contribution in [3.63, 3.8) is 0 Å². The van der Waals surface area contributed by atoms with E-state index in [1.165, 1.54) is 37.7 Å². The van der Waals surface area contributed by atoms with E-state index in [0.717, 1.165) is 23.9 Å².